The third kappa shape index (κ3) is 2.36. The van der Waals surface area contributed by atoms with Crippen molar-refractivity contribution in [2.45, 2.75) is 13.0 Å². The van der Waals surface area contributed by atoms with E-state index < -0.39 is 0 Å². The van der Waals surface area contributed by atoms with E-state index in [1.165, 1.54) is 11.1 Å². The first kappa shape index (κ1) is 11.6. The molecule has 0 aliphatic carbocycles. The van der Waals surface area contributed by atoms with Gasteiger partial charge >= 0.3 is 0 Å². The lowest BCUT2D eigenvalue weighted by molar-refractivity contribution is 0.303. The van der Waals surface area contributed by atoms with Crippen LogP contribution in [0.3, 0.4) is 0 Å². The maximum atomic E-state index is 5.85. The summed E-state index contributed by atoms with van der Waals surface area (Å²) in [5.41, 5.74) is 2.39. The highest BCUT2D eigenvalue weighted by molar-refractivity contribution is 9.10. The van der Waals surface area contributed by atoms with Crippen molar-refractivity contribution in [3.05, 3.63) is 58.1 Å². The summed E-state index contributed by atoms with van der Waals surface area (Å²) in [5, 5.41) is 0. The second-order valence-corrected chi connectivity index (χ2v) is 5.12. The average Bonchev–Trinajstić information content (AvgIpc) is 2.84. The molecule has 0 saturated carbocycles. The van der Waals surface area contributed by atoms with Crippen molar-refractivity contribution in [1.82, 2.24) is 0 Å². The minimum Gasteiger partial charge on any atom is -0.493 e. The van der Waals surface area contributed by atoms with Crippen LogP contribution in [0.2, 0.25) is 0 Å². The Morgan fingerprint density at radius 2 is 2.00 bits per heavy atom. The molecule has 0 radical (unpaired) electrons. The van der Waals surface area contributed by atoms with E-state index in [2.05, 4.69) is 34.1 Å². The van der Waals surface area contributed by atoms with Gasteiger partial charge in [0.2, 0.25) is 0 Å². The van der Waals surface area contributed by atoms with E-state index in [4.69, 9.17) is 9.47 Å². The summed E-state index contributed by atoms with van der Waals surface area (Å²) in [6.45, 7) is 1.35. The molecule has 3 rings (SSSR count). The van der Waals surface area contributed by atoms with E-state index in [0.717, 1.165) is 29.0 Å². The third-order valence-corrected chi connectivity index (χ3v) is 3.60. The number of fused-ring (bicyclic) bond motifs is 1. The average molecular weight is 305 g/mol. The van der Waals surface area contributed by atoms with Crippen LogP contribution in [0.25, 0.3) is 0 Å². The van der Waals surface area contributed by atoms with E-state index in [9.17, 15) is 0 Å². The molecule has 2 nitrogen and oxygen atoms in total. The SMILES string of the molecule is Brc1cc2c(cc1OCc1ccccc1)CCO2. The molecule has 92 valence electrons. The third-order valence-electron chi connectivity index (χ3n) is 2.98. The lowest BCUT2D eigenvalue weighted by Gasteiger charge is -2.10. The normalized spacial score (nSPS) is 12.9. The molecule has 0 amide bonds. The Labute approximate surface area is 115 Å². The molecule has 1 aliphatic rings. The summed E-state index contributed by atoms with van der Waals surface area (Å²) in [7, 11) is 0. The summed E-state index contributed by atoms with van der Waals surface area (Å²) in [4.78, 5) is 0. The number of benzene rings is 2. The van der Waals surface area contributed by atoms with Crippen molar-refractivity contribution in [1.29, 1.82) is 0 Å². The second kappa shape index (κ2) is 5.02. The number of hydrogen-bond donors (Lipinski definition) is 0. The molecule has 2 aromatic carbocycles. The minimum atomic E-state index is 0.582. The van der Waals surface area contributed by atoms with E-state index >= 15 is 0 Å². The van der Waals surface area contributed by atoms with Crippen LogP contribution < -0.4 is 9.47 Å². The van der Waals surface area contributed by atoms with Crippen molar-refractivity contribution in [2.75, 3.05) is 6.61 Å². The number of rotatable bonds is 3. The van der Waals surface area contributed by atoms with Crippen LogP contribution in [0.4, 0.5) is 0 Å². The van der Waals surface area contributed by atoms with E-state index in [1.807, 2.05) is 24.3 Å². The molecule has 0 spiro atoms. The van der Waals surface area contributed by atoms with Gasteiger partial charge in [-0.3, -0.25) is 0 Å². The van der Waals surface area contributed by atoms with Gasteiger partial charge in [0, 0.05) is 12.0 Å². The first-order chi connectivity index (χ1) is 8.83. The number of halogens is 1. The zero-order chi connectivity index (χ0) is 12.4. The zero-order valence-electron chi connectivity index (χ0n) is 9.86. The molecule has 0 aromatic heterocycles. The molecule has 0 atom stereocenters. The van der Waals surface area contributed by atoms with Crippen molar-refractivity contribution >= 4 is 15.9 Å². The quantitative estimate of drug-likeness (QED) is 0.854. The molecule has 0 unspecified atom stereocenters. The Bertz CT molecular complexity index is 552. The summed E-state index contributed by atoms with van der Waals surface area (Å²) in [6, 6.07) is 14.2. The van der Waals surface area contributed by atoms with Crippen molar-refractivity contribution < 1.29 is 9.47 Å². The van der Waals surface area contributed by atoms with Crippen LogP contribution in [0.1, 0.15) is 11.1 Å². The van der Waals surface area contributed by atoms with E-state index in [0.29, 0.717) is 6.61 Å². The molecule has 1 aliphatic heterocycles. The molecule has 18 heavy (non-hydrogen) atoms. The second-order valence-electron chi connectivity index (χ2n) is 4.26. The summed E-state index contributed by atoms with van der Waals surface area (Å²) in [5.74, 6) is 1.84. The Morgan fingerprint density at radius 3 is 2.83 bits per heavy atom. The van der Waals surface area contributed by atoms with Crippen LogP contribution >= 0.6 is 15.9 Å². The lowest BCUT2D eigenvalue weighted by atomic mass is 10.1. The van der Waals surface area contributed by atoms with Crippen LogP contribution in [0.5, 0.6) is 11.5 Å². The topological polar surface area (TPSA) is 18.5 Å². The molecule has 1 heterocycles. The summed E-state index contributed by atoms with van der Waals surface area (Å²) in [6.07, 6.45) is 0.963. The van der Waals surface area contributed by atoms with Gasteiger partial charge in [-0.15, -0.1) is 0 Å². The Balaban J connectivity index is 1.77. The summed E-state index contributed by atoms with van der Waals surface area (Å²) >= 11 is 3.52. The molecule has 2 aromatic rings. The largest absolute Gasteiger partial charge is 0.493 e. The van der Waals surface area contributed by atoms with Gasteiger partial charge in [0.25, 0.3) is 0 Å². The van der Waals surface area contributed by atoms with Crippen LogP contribution in [0.15, 0.2) is 46.9 Å². The first-order valence-electron chi connectivity index (χ1n) is 5.95. The van der Waals surface area contributed by atoms with E-state index in [1.54, 1.807) is 0 Å². The first-order valence-corrected chi connectivity index (χ1v) is 6.74. The Morgan fingerprint density at radius 1 is 1.17 bits per heavy atom. The smallest absolute Gasteiger partial charge is 0.134 e. The molecule has 0 saturated heterocycles. The fraction of sp³-hybridized carbons (Fsp3) is 0.200. The van der Waals surface area contributed by atoms with Crippen molar-refractivity contribution in [3.8, 4) is 11.5 Å². The lowest BCUT2D eigenvalue weighted by Crippen LogP contribution is -1.96. The standard InChI is InChI=1S/C15H13BrO2/c16-13-9-14-12(6-7-17-14)8-15(13)18-10-11-4-2-1-3-5-11/h1-5,8-9H,6-7,10H2. The molecular formula is C15H13BrO2. The van der Waals surface area contributed by atoms with Crippen molar-refractivity contribution in [3.63, 3.8) is 0 Å². The molecule has 0 N–H and O–H groups in total. The highest BCUT2D eigenvalue weighted by Crippen LogP contribution is 2.36. The molecule has 3 heteroatoms. The fourth-order valence-corrected chi connectivity index (χ4v) is 2.46. The van der Waals surface area contributed by atoms with Gasteiger partial charge in [-0.1, -0.05) is 30.3 Å². The van der Waals surface area contributed by atoms with Gasteiger partial charge < -0.3 is 9.47 Å². The van der Waals surface area contributed by atoms with Crippen LogP contribution in [-0.4, -0.2) is 6.61 Å². The predicted octanol–water partition coefficient (Wildman–Crippen LogP) is 3.96. The minimum absolute atomic E-state index is 0.582. The molecule has 0 bridgehead atoms. The van der Waals surface area contributed by atoms with Crippen LogP contribution in [-0.2, 0) is 13.0 Å². The molecular weight excluding hydrogens is 292 g/mol. The summed E-state index contributed by atoms with van der Waals surface area (Å²) < 4.78 is 12.3. The Kier molecular flexibility index (Phi) is 3.24. The van der Waals surface area contributed by atoms with Gasteiger partial charge in [0.15, 0.2) is 0 Å². The highest BCUT2D eigenvalue weighted by Gasteiger charge is 2.15. The maximum absolute atomic E-state index is 5.85. The van der Waals surface area contributed by atoms with Gasteiger partial charge in [0.1, 0.15) is 18.1 Å². The van der Waals surface area contributed by atoms with Gasteiger partial charge in [-0.25, -0.2) is 0 Å². The zero-order valence-corrected chi connectivity index (χ0v) is 11.4. The number of ether oxygens (including phenoxy) is 2. The monoisotopic (exact) mass is 304 g/mol. The Hall–Kier alpha value is -1.48. The van der Waals surface area contributed by atoms with E-state index in [-0.39, 0.29) is 0 Å². The van der Waals surface area contributed by atoms with Gasteiger partial charge in [-0.2, -0.15) is 0 Å². The van der Waals surface area contributed by atoms with Crippen LogP contribution in [0, 0.1) is 0 Å². The molecule has 0 fully saturated rings. The number of hydrogen-bond acceptors (Lipinski definition) is 2. The fourth-order valence-electron chi connectivity index (χ4n) is 2.02. The van der Waals surface area contributed by atoms with Gasteiger partial charge in [-0.05, 0) is 33.6 Å². The van der Waals surface area contributed by atoms with Crippen molar-refractivity contribution in [2.24, 2.45) is 0 Å². The maximum Gasteiger partial charge on any atom is 0.134 e. The van der Waals surface area contributed by atoms with Gasteiger partial charge in [0.05, 0.1) is 11.1 Å². The predicted molar refractivity (Wildman–Crippen MR) is 74.1 cm³/mol. The highest BCUT2D eigenvalue weighted by atomic mass is 79.9.